The molecule has 21 heavy (non-hydrogen) atoms. The van der Waals surface area contributed by atoms with Crippen LogP contribution >= 0.6 is 0 Å². The van der Waals surface area contributed by atoms with Crippen LogP contribution in [0.2, 0.25) is 0 Å². The molecule has 116 valence electrons. The normalized spacial score (nSPS) is 26.0. The maximum Gasteiger partial charge on any atom is 0.272 e. The Morgan fingerprint density at radius 2 is 1.95 bits per heavy atom. The van der Waals surface area contributed by atoms with Crippen LogP contribution in [0.25, 0.3) is 0 Å². The molecule has 4 heteroatoms. The summed E-state index contributed by atoms with van der Waals surface area (Å²) >= 11 is 0. The van der Waals surface area contributed by atoms with Gasteiger partial charge in [0, 0.05) is 17.2 Å². The summed E-state index contributed by atoms with van der Waals surface area (Å²) in [5.74, 6) is 1.51. The van der Waals surface area contributed by atoms with Crippen LogP contribution in [-0.2, 0) is 6.42 Å². The van der Waals surface area contributed by atoms with Crippen LogP contribution in [0.3, 0.4) is 0 Å². The van der Waals surface area contributed by atoms with Gasteiger partial charge in [-0.05, 0) is 50.4 Å². The predicted octanol–water partition coefficient (Wildman–Crippen LogP) is 4.07. The van der Waals surface area contributed by atoms with E-state index < -0.39 is 0 Å². The highest BCUT2D eigenvalue weighted by atomic mass is 16.6. The fourth-order valence-electron chi connectivity index (χ4n) is 3.42. The zero-order chi connectivity index (χ0) is 15.5. The number of rotatable bonds is 5. The second-order valence-corrected chi connectivity index (χ2v) is 6.83. The van der Waals surface area contributed by atoms with Crippen LogP contribution in [0.1, 0.15) is 51.5 Å². The molecule has 1 aromatic carbocycles. The van der Waals surface area contributed by atoms with Crippen LogP contribution in [0, 0.1) is 22.0 Å². The van der Waals surface area contributed by atoms with E-state index in [0.29, 0.717) is 6.42 Å². The van der Waals surface area contributed by atoms with Gasteiger partial charge in [-0.2, -0.15) is 0 Å². The molecule has 0 heterocycles. The van der Waals surface area contributed by atoms with E-state index in [9.17, 15) is 10.1 Å². The zero-order valence-electron chi connectivity index (χ0n) is 13.0. The summed E-state index contributed by atoms with van der Waals surface area (Å²) in [5.41, 5.74) is 7.41. The molecular formula is C17H26N2O2. The van der Waals surface area contributed by atoms with Gasteiger partial charge in [-0.3, -0.25) is 10.1 Å². The third kappa shape index (κ3) is 4.03. The lowest BCUT2D eigenvalue weighted by Crippen LogP contribution is -2.44. The number of nitrogens with zero attached hydrogens (tertiary/aromatic N) is 1. The standard InChI is InChI=1S/C17H26N2O2/c1-13(2)14-7-10-17(18,11-8-14)12-9-15-5-3-4-6-16(15)19(20)21/h3-6,13-14H,7-12,18H2,1-2H3. The molecule has 0 unspecified atom stereocenters. The third-order valence-electron chi connectivity index (χ3n) is 5.05. The first-order chi connectivity index (χ1) is 9.91. The van der Waals surface area contributed by atoms with Crippen molar-refractivity contribution < 1.29 is 4.92 Å². The van der Waals surface area contributed by atoms with Gasteiger partial charge in [0.15, 0.2) is 0 Å². The average molecular weight is 290 g/mol. The van der Waals surface area contributed by atoms with Gasteiger partial charge in [0.05, 0.1) is 4.92 Å². The van der Waals surface area contributed by atoms with Gasteiger partial charge in [-0.1, -0.05) is 32.0 Å². The highest BCUT2D eigenvalue weighted by Gasteiger charge is 2.32. The maximum atomic E-state index is 11.0. The van der Waals surface area contributed by atoms with Crippen LogP contribution in [-0.4, -0.2) is 10.5 Å². The Labute approximate surface area is 126 Å². The highest BCUT2D eigenvalue weighted by molar-refractivity contribution is 5.39. The number of nitro groups is 1. The molecule has 0 spiro atoms. The predicted molar refractivity (Wildman–Crippen MR) is 85.1 cm³/mol. The van der Waals surface area contributed by atoms with Crippen LogP contribution < -0.4 is 5.73 Å². The monoisotopic (exact) mass is 290 g/mol. The molecule has 0 atom stereocenters. The van der Waals surface area contributed by atoms with E-state index in [1.54, 1.807) is 12.1 Å². The molecule has 1 saturated carbocycles. The number of para-hydroxylation sites is 1. The minimum absolute atomic E-state index is 0.144. The summed E-state index contributed by atoms with van der Waals surface area (Å²) < 4.78 is 0. The second kappa shape index (κ2) is 6.56. The lowest BCUT2D eigenvalue weighted by Gasteiger charge is -2.38. The van der Waals surface area contributed by atoms with E-state index in [4.69, 9.17) is 5.73 Å². The molecule has 1 aliphatic rings. The number of hydrogen-bond donors (Lipinski definition) is 1. The van der Waals surface area contributed by atoms with Crippen molar-refractivity contribution in [3.63, 3.8) is 0 Å². The molecule has 1 aliphatic carbocycles. The Morgan fingerprint density at radius 3 is 2.52 bits per heavy atom. The molecule has 0 bridgehead atoms. The smallest absolute Gasteiger partial charge is 0.272 e. The lowest BCUT2D eigenvalue weighted by molar-refractivity contribution is -0.385. The van der Waals surface area contributed by atoms with E-state index in [1.165, 1.54) is 12.8 Å². The molecule has 0 aliphatic heterocycles. The summed E-state index contributed by atoms with van der Waals surface area (Å²) in [5, 5.41) is 11.0. The summed E-state index contributed by atoms with van der Waals surface area (Å²) in [4.78, 5) is 10.7. The number of nitro benzene ring substituents is 1. The minimum atomic E-state index is -0.297. The van der Waals surface area contributed by atoms with E-state index in [-0.39, 0.29) is 16.1 Å². The van der Waals surface area contributed by atoms with Crippen LogP contribution in [0.15, 0.2) is 24.3 Å². The van der Waals surface area contributed by atoms with Crippen molar-refractivity contribution in [1.29, 1.82) is 0 Å². The van der Waals surface area contributed by atoms with Gasteiger partial charge < -0.3 is 5.73 Å². The van der Waals surface area contributed by atoms with Gasteiger partial charge in [0.1, 0.15) is 0 Å². The number of hydrogen-bond acceptors (Lipinski definition) is 3. The van der Waals surface area contributed by atoms with Crippen molar-refractivity contribution in [3.8, 4) is 0 Å². The van der Waals surface area contributed by atoms with Crippen molar-refractivity contribution in [2.75, 3.05) is 0 Å². The molecule has 0 radical (unpaired) electrons. The molecule has 0 amide bonds. The molecule has 0 aromatic heterocycles. The summed E-state index contributed by atoms with van der Waals surface area (Å²) in [6.07, 6.45) is 5.98. The minimum Gasteiger partial charge on any atom is -0.325 e. The van der Waals surface area contributed by atoms with Gasteiger partial charge in [-0.25, -0.2) is 0 Å². The SMILES string of the molecule is CC(C)C1CCC(N)(CCc2ccccc2[N+](=O)[O-])CC1. The first-order valence-corrected chi connectivity index (χ1v) is 7.92. The lowest BCUT2D eigenvalue weighted by atomic mass is 9.71. The number of benzene rings is 1. The summed E-state index contributed by atoms with van der Waals surface area (Å²) in [7, 11) is 0. The van der Waals surface area contributed by atoms with Gasteiger partial charge >= 0.3 is 0 Å². The van der Waals surface area contributed by atoms with Crippen molar-refractivity contribution >= 4 is 5.69 Å². The first kappa shape index (κ1) is 16.0. The Balaban J connectivity index is 1.96. The van der Waals surface area contributed by atoms with Gasteiger partial charge in [0.2, 0.25) is 0 Å². The van der Waals surface area contributed by atoms with Crippen molar-refractivity contribution in [2.45, 2.75) is 57.9 Å². The fraction of sp³-hybridized carbons (Fsp3) is 0.647. The van der Waals surface area contributed by atoms with E-state index >= 15 is 0 Å². The first-order valence-electron chi connectivity index (χ1n) is 7.92. The van der Waals surface area contributed by atoms with Gasteiger partial charge in [-0.15, -0.1) is 0 Å². The van der Waals surface area contributed by atoms with E-state index in [0.717, 1.165) is 36.7 Å². The summed E-state index contributed by atoms with van der Waals surface area (Å²) in [6, 6.07) is 7.00. The van der Waals surface area contributed by atoms with Crippen LogP contribution in [0.4, 0.5) is 5.69 Å². The highest BCUT2D eigenvalue weighted by Crippen LogP contribution is 2.37. The Hall–Kier alpha value is -1.42. The second-order valence-electron chi connectivity index (χ2n) is 6.83. The Kier molecular flexibility index (Phi) is 4.99. The van der Waals surface area contributed by atoms with Crippen molar-refractivity contribution in [3.05, 3.63) is 39.9 Å². The quantitative estimate of drug-likeness (QED) is 0.656. The third-order valence-corrected chi connectivity index (χ3v) is 5.05. The Morgan fingerprint density at radius 1 is 1.33 bits per heavy atom. The molecular weight excluding hydrogens is 264 g/mol. The molecule has 2 rings (SSSR count). The summed E-state index contributed by atoms with van der Waals surface area (Å²) in [6.45, 7) is 4.56. The molecule has 4 nitrogen and oxygen atoms in total. The molecule has 0 saturated heterocycles. The number of nitrogens with two attached hydrogens (primary N) is 1. The topological polar surface area (TPSA) is 69.2 Å². The Bertz CT molecular complexity index is 491. The molecule has 1 aromatic rings. The van der Waals surface area contributed by atoms with Gasteiger partial charge in [0.25, 0.3) is 5.69 Å². The maximum absolute atomic E-state index is 11.0. The molecule has 2 N–H and O–H groups in total. The fourth-order valence-corrected chi connectivity index (χ4v) is 3.42. The van der Waals surface area contributed by atoms with E-state index in [2.05, 4.69) is 13.8 Å². The number of aryl methyl sites for hydroxylation is 1. The van der Waals surface area contributed by atoms with Crippen LogP contribution in [0.5, 0.6) is 0 Å². The largest absolute Gasteiger partial charge is 0.325 e. The average Bonchev–Trinajstić information content (AvgIpc) is 2.46. The van der Waals surface area contributed by atoms with Crippen molar-refractivity contribution in [1.82, 2.24) is 0 Å². The van der Waals surface area contributed by atoms with Crippen molar-refractivity contribution in [2.24, 2.45) is 17.6 Å². The zero-order valence-corrected chi connectivity index (χ0v) is 13.0. The molecule has 1 fully saturated rings. The van der Waals surface area contributed by atoms with E-state index in [1.807, 2.05) is 12.1 Å².